The van der Waals surface area contributed by atoms with Crippen LogP contribution in [0.4, 0.5) is 0 Å². The fourth-order valence-electron chi connectivity index (χ4n) is 2.86. The van der Waals surface area contributed by atoms with E-state index in [1.807, 2.05) is 0 Å². The maximum absolute atomic E-state index is 5.30. The van der Waals surface area contributed by atoms with Gasteiger partial charge >= 0.3 is 0 Å². The van der Waals surface area contributed by atoms with Crippen LogP contribution >= 0.6 is 12.2 Å². The molecule has 1 heteroatoms. The summed E-state index contributed by atoms with van der Waals surface area (Å²) in [4.78, 5) is 0. The summed E-state index contributed by atoms with van der Waals surface area (Å²) >= 11 is 5.30. The zero-order chi connectivity index (χ0) is 15.1. The fourth-order valence-corrected chi connectivity index (χ4v) is 3.10. The van der Waals surface area contributed by atoms with Gasteiger partial charge < -0.3 is 0 Å². The Kier molecular flexibility index (Phi) is 14.1. The standard InChI is InChI=1S/C19H38S/c1-4-6-8-10-12-14-16-19(3,18-20)17-15-13-11-9-7-5-2/h18H,4-17H2,1-3H3. The van der Waals surface area contributed by atoms with E-state index in [1.54, 1.807) is 0 Å². The Bertz CT molecular complexity index is 194. The summed E-state index contributed by atoms with van der Waals surface area (Å²) in [7, 11) is 0. The van der Waals surface area contributed by atoms with E-state index in [4.69, 9.17) is 12.2 Å². The first-order chi connectivity index (χ1) is 9.68. The van der Waals surface area contributed by atoms with E-state index in [1.165, 1.54) is 89.9 Å². The van der Waals surface area contributed by atoms with Gasteiger partial charge in [-0.3, -0.25) is 0 Å². The van der Waals surface area contributed by atoms with Gasteiger partial charge in [-0.25, -0.2) is 0 Å². The van der Waals surface area contributed by atoms with Crippen molar-refractivity contribution < 1.29 is 0 Å². The van der Waals surface area contributed by atoms with Crippen LogP contribution in [0.3, 0.4) is 0 Å². The monoisotopic (exact) mass is 298 g/mol. The average molecular weight is 299 g/mol. The topological polar surface area (TPSA) is 0 Å². The lowest BCUT2D eigenvalue weighted by atomic mass is 9.81. The summed E-state index contributed by atoms with van der Waals surface area (Å²) in [5, 5.41) is 2.06. The summed E-state index contributed by atoms with van der Waals surface area (Å²) in [6, 6.07) is 0. The first-order valence-electron chi connectivity index (χ1n) is 9.15. The first kappa shape index (κ1) is 20.1. The summed E-state index contributed by atoms with van der Waals surface area (Å²) < 4.78 is 0. The van der Waals surface area contributed by atoms with Crippen molar-refractivity contribution in [1.29, 1.82) is 0 Å². The van der Waals surface area contributed by atoms with Crippen LogP contribution in [0.1, 0.15) is 111 Å². The smallest absolute Gasteiger partial charge is 0.00419 e. The van der Waals surface area contributed by atoms with E-state index >= 15 is 0 Å². The van der Waals surface area contributed by atoms with Crippen LogP contribution in [-0.4, -0.2) is 5.37 Å². The molecule has 0 aromatic heterocycles. The Morgan fingerprint density at radius 2 is 1.00 bits per heavy atom. The Balaban J connectivity index is 3.60. The van der Waals surface area contributed by atoms with Gasteiger partial charge in [-0.05, 0) is 23.6 Å². The van der Waals surface area contributed by atoms with E-state index in [0.717, 1.165) is 0 Å². The lowest BCUT2D eigenvalue weighted by molar-refractivity contribution is 0.367. The van der Waals surface area contributed by atoms with E-state index in [9.17, 15) is 0 Å². The van der Waals surface area contributed by atoms with Gasteiger partial charge in [-0.2, -0.15) is 0 Å². The van der Waals surface area contributed by atoms with Crippen molar-refractivity contribution in [3.63, 3.8) is 0 Å². The van der Waals surface area contributed by atoms with E-state index in [2.05, 4.69) is 26.1 Å². The van der Waals surface area contributed by atoms with Gasteiger partial charge in [0.15, 0.2) is 0 Å². The summed E-state index contributed by atoms with van der Waals surface area (Å²) in [6.07, 6.45) is 19.3. The minimum absolute atomic E-state index is 0.324. The molecule has 0 atom stereocenters. The van der Waals surface area contributed by atoms with Gasteiger partial charge in [0.1, 0.15) is 0 Å². The fraction of sp³-hybridized carbons (Fsp3) is 0.947. The summed E-state index contributed by atoms with van der Waals surface area (Å²) in [5.74, 6) is 0. The third kappa shape index (κ3) is 11.9. The molecule has 20 heavy (non-hydrogen) atoms. The molecule has 0 aliphatic rings. The Labute approximate surface area is 134 Å². The minimum Gasteiger partial charge on any atom is -0.0929 e. The lowest BCUT2D eigenvalue weighted by Gasteiger charge is -2.24. The number of rotatable bonds is 15. The van der Waals surface area contributed by atoms with Crippen molar-refractivity contribution in [2.45, 2.75) is 111 Å². The number of unbranched alkanes of at least 4 members (excludes halogenated alkanes) is 10. The van der Waals surface area contributed by atoms with Crippen molar-refractivity contribution >= 4 is 17.6 Å². The van der Waals surface area contributed by atoms with E-state index in [-0.39, 0.29) is 0 Å². The van der Waals surface area contributed by atoms with Crippen LogP contribution < -0.4 is 0 Å². The van der Waals surface area contributed by atoms with Gasteiger partial charge in [0.25, 0.3) is 0 Å². The molecule has 0 saturated carbocycles. The van der Waals surface area contributed by atoms with Crippen molar-refractivity contribution in [2.24, 2.45) is 5.41 Å². The second-order valence-corrected chi connectivity index (χ2v) is 7.04. The molecule has 0 heterocycles. The number of hydrogen-bond donors (Lipinski definition) is 0. The Morgan fingerprint density at radius 1 is 0.650 bits per heavy atom. The molecule has 0 rings (SSSR count). The molecule has 0 saturated heterocycles. The van der Waals surface area contributed by atoms with Crippen LogP contribution in [0.15, 0.2) is 0 Å². The molecule has 120 valence electrons. The predicted octanol–water partition coefficient (Wildman–Crippen LogP) is 7.49. The van der Waals surface area contributed by atoms with E-state index in [0.29, 0.717) is 5.41 Å². The maximum Gasteiger partial charge on any atom is -0.00419 e. The van der Waals surface area contributed by atoms with Gasteiger partial charge in [0.05, 0.1) is 0 Å². The first-order valence-corrected chi connectivity index (χ1v) is 9.62. The summed E-state index contributed by atoms with van der Waals surface area (Å²) in [6.45, 7) is 6.94. The largest absolute Gasteiger partial charge is 0.0929 e. The average Bonchev–Trinajstić information content (AvgIpc) is 2.46. The SMILES string of the molecule is CCCCCCCCC(C)(C=S)CCCCCCCC. The van der Waals surface area contributed by atoms with Crippen molar-refractivity contribution in [3.05, 3.63) is 0 Å². The second-order valence-electron chi connectivity index (χ2n) is 6.81. The molecular formula is C19H38S. The molecule has 0 aromatic carbocycles. The van der Waals surface area contributed by atoms with Gasteiger partial charge in [-0.1, -0.05) is 110 Å². The Hall–Kier alpha value is 0.0900. The van der Waals surface area contributed by atoms with Crippen LogP contribution in [0, 0.1) is 5.41 Å². The van der Waals surface area contributed by atoms with Crippen LogP contribution in [0.25, 0.3) is 0 Å². The molecular weight excluding hydrogens is 260 g/mol. The zero-order valence-corrected chi connectivity index (χ0v) is 15.2. The molecule has 0 nitrogen and oxygen atoms in total. The highest BCUT2D eigenvalue weighted by Gasteiger charge is 2.19. The highest BCUT2D eigenvalue weighted by atomic mass is 32.1. The van der Waals surface area contributed by atoms with E-state index < -0.39 is 0 Å². The molecule has 0 aromatic rings. The quantitative estimate of drug-likeness (QED) is 0.223. The normalized spacial score (nSPS) is 11.8. The summed E-state index contributed by atoms with van der Waals surface area (Å²) in [5.41, 5.74) is 0.324. The highest BCUT2D eigenvalue weighted by molar-refractivity contribution is 7.79. The lowest BCUT2D eigenvalue weighted by Crippen LogP contribution is -2.17. The molecule has 0 aliphatic carbocycles. The predicted molar refractivity (Wildman–Crippen MR) is 97.7 cm³/mol. The third-order valence-electron chi connectivity index (χ3n) is 4.49. The minimum atomic E-state index is 0.324. The molecule has 0 unspecified atom stereocenters. The van der Waals surface area contributed by atoms with Crippen molar-refractivity contribution in [2.75, 3.05) is 0 Å². The molecule has 0 spiro atoms. The highest BCUT2D eigenvalue weighted by Crippen LogP contribution is 2.29. The van der Waals surface area contributed by atoms with Crippen LogP contribution in [0.2, 0.25) is 0 Å². The number of hydrogen-bond acceptors (Lipinski definition) is 1. The van der Waals surface area contributed by atoms with Gasteiger partial charge in [0.2, 0.25) is 0 Å². The van der Waals surface area contributed by atoms with Gasteiger partial charge in [-0.15, -0.1) is 0 Å². The molecule has 0 fully saturated rings. The van der Waals surface area contributed by atoms with Crippen molar-refractivity contribution in [3.8, 4) is 0 Å². The zero-order valence-electron chi connectivity index (χ0n) is 14.4. The molecule has 0 N–H and O–H groups in total. The second kappa shape index (κ2) is 14.0. The molecule has 0 radical (unpaired) electrons. The third-order valence-corrected chi connectivity index (χ3v) is 5.06. The van der Waals surface area contributed by atoms with Gasteiger partial charge in [0, 0.05) is 0 Å². The molecule has 0 bridgehead atoms. The van der Waals surface area contributed by atoms with Crippen LogP contribution in [-0.2, 0) is 0 Å². The maximum atomic E-state index is 5.30. The Morgan fingerprint density at radius 3 is 1.35 bits per heavy atom. The number of thiocarbonyl (C=S) groups is 1. The molecule has 0 amide bonds. The molecule has 0 aliphatic heterocycles. The van der Waals surface area contributed by atoms with Crippen LogP contribution in [0.5, 0.6) is 0 Å². The van der Waals surface area contributed by atoms with Crippen molar-refractivity contribution in [1.82, 2.24) is 0 Å².